The van der Waals surface area contributed by atoms with E-state index in [-0.39, 0.29) is 23.4 Å². The van der Waals surface area contributed by atoms with Crippen LogP contribution in [0.4, 0.5) is 10.1 Å². The summed E-state index contributed by atoms with van der Waals surface area (Å²) in [6, 6.07) is 4.51. The third-order valence-corrected chi connectivity index (χ3v) is 5.23. The summed E-state index contributed by atoms with van der Waals surface area (Å²) in [4.78, 5) is 2.03. The molecule has 19 heavy (non-hydrogen) atoms. The van der Waals surface area contributed by atoms with Crippen molar-refractivity contribution in [3.8, 4) is 0 Å². The summed E-state index contributed by atoms with van der Waals surface area (Å²) in [7, 11) is -2.95. The minimum atomic E-state index is -2.95. The van der Waals surface area contributed by atoms with Gasteiger partial charge in [0.05, 0.1) is 11.5 Å². The Labute approximate surface area is 113 Å². The normalized spacial score (nSPS) is 22.5. The van der Waals surface area contributed by atoms with Gasteiger partial charge in [-0.15, -0.1) is 0 Å². The first-order valence-electron chi connectivity index (χ1n) is 6.38. The Bertz CT molecular complexity index is 560. The van der Waals surface area contributed by atoms with Crippen molar-refractivity contribution in [2.45, 2.75) is 19.4 Å². The van der Waals surface area contributed by atoms with Crippen LogP contribution in [0.15, 0.2) is 18.2 Å². The SMILES string of the molecule is CC1CS(=O)(=O)CCN1c1ccc(F)cc1CCN. The molecule has 0 bridgehead atoms. The lowest BCUT2D eigenvalue weighted by Gasteiger charge is -2.36. The zero-order valence-electron chi connectivity index (χ0n) is 11.0. The number of nitrogens with zero attached hydrogens (tertiary/aromatic N) is 1. The Hall–Kier alpha value is -1.14. The number of hydrogen-bond donors (Lipinski definition) is 1. The number of sulfone groups is 1. The molecule has 2 rings (SSSR count). The van der Waals surface area contributed by atoms with Gasteiger partial charge >= 0.3 is 0 Å². The molecule has 0 saturated carbocycles. The van der Waals surface area contributed by atoms with Crippen LogP contribution >= 0.6 is 0 Å². The molecular weight excluding hydrogens is 267 g/mol. The number of hydrogen-bond acceptors (Lipinski definition) is 4. The Morgan fingerprint density at radius 3 is 2.84 bits per heavy atom. The Morgan fingerprint density at radius 1 is 1.47 bits per heavy atom. The largest absolute Gasteiger partial charge is 0.367 e. The van der Waals surface area contributed by atoms with E-state index in [1.807, 2.05) is 11.8 Å². The molecule has 1 unspecified atom stereocenters. The number of nitrogens with two attached hydrogens (primary N) is 1. The highest BCUT2D eigenvalue weighted by Crippen LogP contribution is 2.26. The average Bonchev–Trinajstić information content (AvgIpc) is 2.30. The van der Waals surface area contributed by atoms with Gasteiger partial charge in [-0.1, -0.05) is 0 Å². The molecule has 0 aliphatic carbocycles. The van der Waals surface area contributed by atoms with Gasteiger partial charge in [0.15, 0.2) is 9.84 Å². The van der Waals surface area contributed by atoms with Crippen molar-refractivity contribution >= 4 is 15.5 Å². The van der Waals surface area contributed by atoms with Crippen molar-refractivity contribution < 1.29 is 12.8 Å². The fraction of sp³-hybridized carbons (Fsp3) is 0.538. The molecule has 1 fully saturated rings. The highest BCUT2D eigenvalue weighted by molar-refractivity contribution is 7.91. The van der Waals surface area contributed by atoms with E-state index in [1.54, 1.807) is 6.07 Å². The summed E-state index contributed by atoms with van der Waals surface area (Å²) >= 11 is 0. The second-order valence-electron chi connectivity index (χ2n) is 4.97. The lowest BCUT2D eigenvalue weighted by molar-refractivity contribution is 0.567. The summed E-state index contributed by atoms with van der Waals surface area (Å²) in [5, 5.41) is 0. The lowest BCUT2D eigenvalue weighted by Crippen LogP contribution is -2.47. The topological polar surface area (TPSA) is 63.4 Å². The molecule has 1 aromatic rings. The summed E-state index contributed by atoms with van der Waals surface area (Å²) in [5.74, 6) is 0.00735. The van der Waals surface area contributed by atoms with Crippen LogP contribution in [0.25, 0.3) is 0 Å². The van der Waals surface area contributed by atoms with Crippen LogP contribution in [0.1, 0.15) is 12.5 Å². The van der Waals surface area contributed by atoms with Gasteiger partial charge in [0.25, 0.3) is 0 Å². The molecule has 2 N–H and O–H groups in total. The Kier molecular flexibility index (Phi) is 4.10. The zero-order valence-corrected chi connectivity index (χ0v) is 11.8. The van der Waals surface area contributed by atoms with E-state index in [1.165, 1.54) is 12.1 Å². The van der Waals surface area contributed by atoms with Gasteiger partial charge in [-0.05, 0) is 43.7 Å². The predicted octanol–water partition coefficient (Wildman–Crippen LogP) is 0.950. The molecule has 1 aliphatic heterocycles. The second-order valence-corrected chi connectivity index (χ2v) is 7.20. The number of rotatable bonds is 3. The first kappa shape index (κ1) is 14.3. The standard InChI is InChI=1S/C13H19FN2O2S/c1-10-9-19(17,18)7-6-16(10)13-3-2-12(14)8-11(13)4-5-15/h2-3,8,10H,4-7,9,15H2,1H3. The molecular formula is C13H19FN2O2S. The van der Waals surface area contributed by atoms with Crippen molar-refractivity contribution in [2.75, 3.05) is 29.5 Å². The van der Waals surface area contributed by atoms with Crippen LogP contribution in [-0.2, 0) is 16.3 Å². The fourth-order valence-corrected chi connectivity index (χ4v) is 4.10. The molecule has 1 saturated heterocycles. The second kappa shape index (κ2) is 5.46. The first-order valence-corrected chi connectivity index (χ1v) is 8.20. The predicted molar refractivity (Wildman–Crippen MR) is 74.6 cm³/mol. The van der Waals surface area contributed by atoms with Crippen molar-refractivity contribution in [2.24, 2.45) is 5.73 Å². The molecule has 0 spiro atoms. The van der Waals surface area contributed by atoms with Crippen LogP contribution in [0.2, 0.25) is 0 Å². The van der Waals surface area contributed by atoms with Gasteiger partial charge < -0.3 is 10.6 Å². The van der Waals surface area contributed by atoms with Crippen molar-refractivity contribution in [3.63, 3.8) is 0 Å². The lowest BCUT2D eigenvalue weighted by atomic mass is 10.1. The molecule has 1 aliphatic rings. The van der Waals surface area contributed by atoms with Crippen LogP contribution in [-0.4, -0.2) is 39.1 Å². The van der Waals surface area contributed by atoms with E-state index in [9.17, 15) is 12.8 Å². The molecule has 0 radical (unpaired) electrons. The fourth-order valence-electron chi connectivity index (χ4n) is 2.55. The van der Waals surface area contributed by atoms with E-state index < -0.39 is 9.84 Å². The van der Waals surface area contributed by atoms with Gasteiger partial charge in [0.1, 0.15) is 5.82 Å². The minimum Gasteiger partial charge on any atom is -0.367 e. The van der Waals surface area contributed by atoms with Gasteiger partial charge in [-0.2, -0.15) is 0 Å². The zero-order chi connectivity index (χ0) is 14.0. The summed E-state index contributed by atoms with van der Waals surface area (Å²) in [6.07, 6.45) is 0.586. The molecule has 0 aromatic heterocycles. The van der Waals surface area contributed by atoms with Crippen LogP contribution in [0, 0.1) is 5.82 Å². The molecule has 0 amide bonds. The third kappa shape index (κ3) is 3.25. The third-order valence-electron chi connectivity index (χ3n) is 3.44. The maximum Gasteiger partial charge on any atom is 0.154 e. The van der Waals surface area contributed by atoms with Crippen molar-refractivity contribution in [3.05, 3.63) is 29.6 Å². The van der Waals surface area contributed by atoms with E-state index in [4.69, 9.17) is 5.73 Å². The molecule has 6 heteroatoms. The van der Waals surface area contributed by atoms with E-state index >= 15 is 0 Å². The Balaban J connectivity index is 2.31. The van der Waals surface area contributed by atoms with Crippen LogP contribution in [0.3, 0.4) is 0 Å². The summed E-state index contributed by atoms with van der Waals surface area (Å²) < 4.78 is 36.5. The first-order chi connectivity index (χ1) is 8.93. The summed E-state index contributed by atoms with van der Waals surface area (Å²) in [6.45, 7) is 2.77. The van der Waals surface area contributed by atoms with Crippen LogP contribution in [0.5, 0.6) is 0 Å². The smallest absolute Gasteiger partial charge is 0.154 e. The quantitative estimate of drug-likeness (QED) is 0.898. The highest BCUT2D eigenvalue weighted by Gasteiger charge is 2.29. The van der Waals surface area contributed by atoms with E-state index in [0.29, 0.717) is 19.5 Å². The van der Waals surface area contributed by atoms with Crippen LogP contribution < -0.4 is 10.6 Å². The molecule has 4 nitrogen and oxygen atoms in total. The van der Waals surface area contributed by atoms with Gasteiger partial charge in [0, 0.05) is 18.3 Å². The monoisotopic (exact) mass is 286 g/mol. The van der Waals surface area contributed by atoms with E-state index in [0.717, 1.165) is 11.3 Å². The maximum atomic E-state index is 13.3. The van der Waals surface area contributed by atoms with Gasteiger partial charge in [-0.25, -0.2) is 12.8 Å². The molecule has 1 aromatic carbocycles. The number of benzene rings is 1. The highest BCUT2D eigenvalue weighted by atomic mass is 32.2. The van der Waals surface area contributed by atoms with E-state index in [2.05, 4.69) is 0 Å². The van der Waals surface area contributed by atoms with Crippen molar-refractivity contribution in [1.29, 1.82) is 0 Å². The number of halogens is 1. The molecule has 1 atom stereocenters. The molecule has 106 valence electrons. The van der Waals surface area contributed by atoms with Crippen molar-refractivity contribution in [1.82, 2.24) is 0 Å². The van der Waals surface area contributed by atoms with Gasteiger partial charge in [0.2, 0.25) is 0 Å². The summed E-state index contributed by atoms with van der Waals surface area (Å²) in [5.41, 5.74) is 7.29. The minimum absolute atomic E-state index is 0.0965. The molecule has 1 heterocycles. The van der Waals surface area contributed by atoms with Gasteiger partial charge in [-0.3, -0.25) is 0 Å². The maximum absolute atomic E-state index is 13.3. The average molecular weight is 286 g/mol. The number of anilines is 1. The Morgan fingerprint density at radius 2 is 2.21 bits per heavy atom.